The van der Waals surface area contributed by atoms with Crippen LogP contribution in [0.5, 0.6) is 0 Å². The average molecular weight is 249 g/mol. The highest BCUT2D eigenvalue weighted by atomic mass is 16.5. The van der Waals surface area contributed by atoms with E-state index in [2.05, 4.69) is 36.7 Å². The number of rotatable bonds is 3. The molecule has 100 valence electrons. The van der Waals surface area contributed by atoms with Crippen molar-refractivity contribution in [2.75, 3.05) is 13.2 Å². The Balaban J connectivity index is 2.24. The predicted molar refractivity (Wildman–Crippen MR) is 72.2 cm³/mol. The Hall–Kier alpha value is -0.970. The smallest absolute Gasteiger partial charge is 0.0675 e. The summed E-state index contributed by atoms with van der Waals surface area (Å²) in [5.41, 5.74) is 7.39. The van der Waals surface area contributed by atoms with Gasteiger partial charge in [-0.3, -0.25) is 9.88 Å². The molecular formula is C14H23N3O. The quantitative estimate of drug-likeness (QED) is 0.883. The molecule has 2 heterocycles. The molecule has 0 aromatic carbocycles. The Kier molecular flexibility index (Phi) is 4.32. The first-order valence-corrected chi connectivity index (χ1v) is 6.62. The molecule has 0 amide bonds. The summed E-state index contributed by atoms with van der Waals surface area (Å²) in [5, 5.41) is 0. The van der Waals surface area contributed by atoms with E-state index in [9.17, 15) is 0 Å². The second-order valence-electron chi connectivity index (χ2n) is 5.28. The highest BCUT2D eigenvalue weighted by molar-refractivity contribution is 5.16. The van der Waals surface area contributed by atoms with Gasteiger partial charge in [0.15, 0.2) is 0 Å². The lowest BCUT2D eigenvalue weighted by Gasteiger charge is -2.43. The molecule has 1 aromatic heterocycles. The predicted octanol–water partition coefficient (Wildman–Crippen LogP) is 1.58. The van der Waals surface area contributed by atoms with Crippen LogP contribution in [0, 0.1) is 0 Å². The number of ether oxygens (including phenoxy) is 1. The van der Waals surface area contributed by atoms with Gasteiger partial charge in [0.25, 0.3) is 0 Å². The lowest BCUT2D eigenvalue weighted by Crippen LogP contribution is -2.52. The van der Waals surface area contributed by atoms with Crippen molar-refractivity contribution in [1.29, 1.82) is 0 Å². The first-order valence-electron chi connectivity index (χ1n) is 6.62. The van der Waals surface area contributed by atoms with Crippen molar-refractivity contribution in [3.63, 3.8) is 0 Å². The maximum Gasteiger partial charge on any atom is 0.0675 e. The van der Waals surface area contributed by atoms with Gasteiger partial charge in [0.2, 0.25) is 0 Å². The molecule has 1 fully saturated rings. The summed E-state index contributed by atoms with van der Waals surface area (Å²) in [6.07, 6.45) is 3.98. The number of aromatic nitrogens is 1. The molecule has 0 saturated carbocycles. The summed E-state index contributed by atoms with van der Waals surface area (Å²) in [7, 11) is 0. The van der Waals surface area contributed by atoms with Gasteiger partial charge in [-0.15, -0.1) is 0 Å². The van der Waals surface area contributed by atoms with Crippen molar-refractivity contribution >= 4 is 0 Å². The van der Waals surface area contributed by atoms with Crippen molar-refractivity contribution in [1.82, 2.24) is 9.88 Å². The van der Waals surface area contributed by atoms with Gasteiger partial charge in [-0.25, -0.2) is 0 Å². The molecule has 2 rings (SSSR count). The molecule has 1 saturated heterocycles. The molecule has 4 nitrogen and oxygen atoms in total. The van der Waals surface area contributed by atoms with Crippen LogP contribution in [-0.2, 0) is 4.74 Å². The zero-order valence-corrected chi connectivity index (χ0v) is 11.4. The second-order valence-corrected chi connectivity index (χ2v) is 5.28. The van der Waals surface area contributed by atoms with E-state index in [0.29, 0.717) is 6.04 Å². The Labute approximate surface area is 109 Å². The normalized spacial score (nSPS) is 28.9. The molecule has 4 unspecified atom stereocenters. The lowest BCUT2D eigenvalue weighted by molar-refractivity contribution is -0.0697. The van der Waals surface area contributed by atoms with Crippen LogP contribution >= 0.6 is 0 Å². The van der Waals surface area contributed by atoms with Gasteiger partial charge in [0, 0.05) is 31.0 Å². The summed E-state index contributed by atoms with van der Waals surface area (Å²) >= 11 is 0. The summed E-state index contributed by atoms with van der Waals surface area (Å²) in [5.74, 6) is 0. The van der Waals surface area contributed by atoms with Gasteiger partial charge in [-0.2, -0.15) is 0 Å². The van der Waals surface area contributed by atoms with Crippen LogP contribution in [0.2, 0.25) is 0 Å². The Morgan fingerprint density at radius 1 is 1.50 bits per heavy atom. The summed E-state index contributed by atoms with van der Waals surface area (Å²) in [6.45, 7) is 8.05. The Morgan fingerprint density at radius 3 is 2.89 bits per heavy atom. The van der Waals surface area contributed by atoms with E-state index >= 15 is 0 Å². The topological polar surface area (TPSA) is 51.4 Å². The third-order valence-corrected chi connectivity index (χ3v) is 3.54. The summed E-state index contributed by atoms with van der Waals surface area (Å²) in [4.78, 5) is 6.65. The molecule has 0 spiro atoms. The molecule has 18 heavy (non-hydrogen) atoms. The Bertz CT molecular complexity index is 369. The minimum atomic E-state index is 0.0712. The highest BCUT2D eigenvalue weighted by Crippen LogP contribution is 2.27. The molecular weight excluding hydrogens is 226 g/mol. The van der Waals surface area contributed by atoms with E-state index in [4.69, 9.17) is 10.5 Å². The first-order chi connectivity index (χ1) is 8.59. The number of morpholine rings is 1. The molecule has 4 atom stereocenters. The van der Waals surface area contributed by atoms with Gasteiger partial charge in [0.05, 0.1) is 18.8 Å². The van der Waals surface area contributed by atoms with Gasteiger partial charge < -0.3 is 10.5 Å². The van der Waals surface area contributed by atoms with Crippen LogP contribution in [0.25, 0.3) is 0 Å². The molecule has 1 aliphatic heterocycles. The van der Waals surface area contributed by atoms with E-state index < -0.39 is 0 Å². The fourth-order valence-corrected chi connectivity index (χ4v) is 2.66. The maximum atomic E-state index is 6.20. The monoisotopic (exact) mass is 249 g/mol. The SMILES string of the molecule is CC1CN(C(c2cccnc2)C(C)N)C(C)CO1. The van der Waals surface area contributed by atoms with Crippen molar-refractivity contribution < 1.29 is 4.74 Å². The minimum absolute atomic E-state index is 0.0712. The van der Waals surface area contributed by atoms with Crippen molar-refractivity contribution in [3.05, 3.63) is 30.1 Å². The van der Waals surface area contributed by atoms with Gasteiger partial charge in [0.1, 0.15) is 0 Å². The molecule has 0 bridgehead atoms. The zero-order valence-electron chi connectivity index (χ0n) is 11.4. The fourth-order valence-electron chi connectivity index (χ4n) is 2.66. The fraction of sp³-hybridized carbons (Fsp3) is 0.643. The Morgan fingerprint density at radius 2 is 2.28 bits per heavy atom. The standard InChI is InChI=1S/C14H23N3O/c1-10-9-18-11(2)8-17(10)14(12(3)15)13-5-4-6-16-7-13/h4-7,10-12,14H,8-9,15H2,1-3H3. The molecule has 0 aliphatic carbocycles. The van der Waals surface area contributed by atoms with Crippen LogP contribution in [0.4, 0.5) is 0 Å². The number of nitrogens with two attached hydrogens (primary N) is 1. The van der Waals surface area contributed by atoms with Crippen LogP contribution < -0.4 is 5.73 Å². The van der Waals surface area contributed by atoms with E-state index in [1.165, 1.54) is 5.56 Å². The molecule has 1 aliphatic rings. The molecule has 1 aromatic rings. The number of hydrogen-bond acceptors (Lipinski definition) is 4. The van der Waals surface area contributed by atoms with Crippen molar-refractivity contribution in [3.8, 4) is 0 Å². The average Bonchev–Trinajstić information content (AvgIpc) is 2.35. The summed E-state index contributed by atoms with van der Waals surface area (Å²) < 4.78 is 5.69. The minimum Gasteiger partial charge on any atom is -0.376 e. The van der Waals surface area contributed by atoms with Gasteiger partial charge >= 0.3 is 0 Å². The first kappa shape index (κ1) is 13.5. The number of pyridine rings is 1. The third kappa shape index (κ3) is 2.88. The maximum absolute atomic E-state index is 6.20. The van der Waals surface area contributed by atoms with Gasteiger partial charge in [-0.1, -0.05) is 6.07 Å². The molecule has 2 N–H and O–H groups in total. The summed E-state index contributed by atoms with van der Waals surface area (Å²) in [6, 6.07) is 4.74. The van der Waals surface area contributed by atoms with E-state index in [1.54, 1.807) is 6.20 Å². The van der Waals surface area contributed by atoms with E-state index in [1.807, 2.05) is 12.3 Å². The number of hydrogen-bond donors (Lipinski definition) is 1. The largest absolute Gasteiger partial charge is 0.376 e. The third-order valence-electron chi connectivity index (χ3n) is 3.54. The number of nitrogens with zero attached hydrogens (tertiary/aromatic N) is 2. The molecule has 4 heteroatoms. The van der Waals surface area contributed by atoms with E-state index in [-0.39, 0.29) is 18.2 Å². The van der Waals surface area contributed by atoms with Crippen LogP contribution in [0.3, 0.4) is 0 Å². The highest BCUT2D eigenvalue weighted by Gasteiger charge is 2.32. The zero-order chi connectivity index (χ0) is 13.1. The second kappa shape index (κ2) is 5.78. The molecule has 0 radical (unpaired) electrons. The van der Waals surface area contributed by atoms with Crippen LogP contribution in [0.1, 0.15) is 32.4 Å². The van der Waals surface area contributed by atoms with Crippen LogP contribution in [0.15, 0.2) is 24.5 Å². The van der Waals surface area contributed by atoms with Gasteiger partial charge in [-0.05, 0) is 32.4 Å². The van der Waals surface area contributed by atoms with Crippen molar-refractivity contribution in [2.24, 2.45) is 5.73 Å². The van der Waals surface area contributed by atoms with Crippen LogP contribution in [-0.4, -0.2) is 41.2 Å². The lowest BCUT2D eigenvalue weighted by atomic mass is 9.98. The van der Waals surface area contributed by atoms with E-state index in [0.717, 1.165) is 13.2 Å². The van der Waals surface area contributed by atoms with Crippen molar-refractivity contribution in [2.45, 2.75) is 45.0 Å².